The van der Waals surface area contributed by atoms with E-state index in [9.17, 15) is 14.9 Å². The van der Waals surface area contributed by atoms with Gasteiger partial charge >= 0.3 is 0 Å². The molecule has 1 unspecified atom stereocenters. The maximum atomic E-state index is 12.8. The molecular formula is C18H17BrN2O6. The summed E-state index contributed by atoms with van der Waals surface area (Å²) in [4.78, 5) is 23.6. The Labute approximate surface area is 163 Å². The summed E-state index contributed by atoms with van der Waals surface area (Å²) in [6, 6.07) is 7.70. The lowest BCUT2D eigenvalue weighted by Gasteiger charge is -2.27. The zero-order chi connectivity index (χ0) is 19.6. The number of hydrogen-bond acceptors (Lipinski definition) is 6. The molecule has 1 aliphatic heterocycles. The number of nitrogens with one attached hydrogen (secondary N) is 1. The van der Waals surface area contributed by atoms with E-state index in [1.165, 1.54) is 26.4 Å². The zero-order valence-electron chi connectivity index (χ0n) is 14.7. The van der Waals surface area contributed by atoms with Crippen LogP contribution < -0.4 is 19.5 Å². The van der Waals surface area contributed by atoms with E-state index in [1.807, 2.05) is 18.2 Å². The Morgan fingerprint density at radius 2 is 1.96 bits per heavy atom. The number of hydrogen-bond donors (Lipinski definition) is 1. The highest BCUT2D eigenvalue weighted by molar-refractivity contribution is 9.10. The summed E-state index contributed by atoms with van der Waals surface area (Å²) in [6.07, 6.45) is 0.552. The van der Waals surface area contributed by atoms with Gasteiger partial charge < -0.3 is 19.5 Å². The number of carbonyl (C=O) groups is 1. The number of amides is 1. The largest absolute Gasteiger partial charge is 0.493 e. The lowest BCUT2D eigenvalue weighted by Crippen LogP contribution is -2.32. The number of nitrogens with zero attached hydrogens (tertiary/aromatic N) is 1. The molecule has 0 aliphatic carbocycles. The Balaban J connectivity index is 1.96. The molecule has 9 heteroatoms. The number of nitro benzene ring substituents is 1. The lowest BCUT2D eigenvalue weighted by molar-refractivity contribution is -0.385. The summed E-state index contributed by atoms with van der Waals surface area (Å²) in [5.41, 5.74) is 0.361. The van der Waals surface area contributed by atoms with Gasteiger partial charge in [0, 0.05) is 22.5 Å². The minimum atomic E-state index is -0.620. The van der Waals surface area contributed by atoms with Crippen molar-refractivity contribution in [2.75, 3.05) is 20.8 Å². The van der Waals surface area contributed by atoms with Crippen molar-refractivity contribution in [3.63, 3.8) is 0 Å². The molecule has 0 saturated carbocycles. The predicted molar refractivity (Wildman–Crippen MR) is 101 cm³/mol. The minimum Gasteiger partial charge on any atom is -0.493 e. The average molecular weight is 437 g/mol. The predicted octanol–water partition coefficient (Wildman–Crippen LogP) is 3.63. The number of rotatable bonds is 5. The molecule has 1 heterocycles. The molecular weight excluding hydrogens is 420 g/mol. The van der Waals surface area contributed by atoms with Crippen molar-refractivity contribution in [1.82, 2.24) is 5.32 Å². The van der Waals surface area contributed by atoms with Crippen LogP contribution in [0.5, 0.6) is 17.2 Å². The highest BCUT2D eigenvalue weighted by atomic mass is 79.9. The molecule has 2 aromatic rings. The van der Waals surface area contributed by atoms with Gasteiger partial charge in [-0.1, -0.05) is 15.9 Å². The van der Waals surface area contributed by atoms with Crippen LogP contribution in [0.2, 0.25) is 0 Å². The van der Waals surface area contributed by atoms with E-state index in [0.717, 1.165) is 10.0 Å². The fraction of sp³-hybridized carbons (Fsp3) is 0.278. The van der Waals surface area contributed by atoms with E-state index in [1.54, 1.807) is 0 Å². The number of halogens is 1. The van der Waals surface area contributed by atoms with Crippen LogP contribution in [-0.2, 0) is 0 Å². The number of methoxy groups -OCH3 is 2. The first kappa shape index (κ1) is 19.0. The number of fused-ring (bicyclic) bond motifs is 1. The molecule has 27 heavy (non-hydrogen) atoms. The Kier molecular flexibility index (Phi) is 5.50. The number of benzene rings is 2. The molecule has 1 aliphatic rings. The zero-order valence-corrected chi connectivity index (χ0v) is 16.2. The Hall–Kier alpha value is -2.81. The molecule has 0 aromatic heterocycles. The summed E-state index contributed by atoms with van der Waals surface area (Å²) >= 11 is 3.41. The van der Waals surface area contributed by atoms with Crippen LogP contribution >= 0.6 is 15.9 Å². The van der Waals surface area contributed by atoms with E-state index >= 15 is 0 Å². The Morgan fingerprint density at radius 1 is 1.26 bits per heavy atom. The molecule has 0 bridgehead atoms. The van der Waals surface area contributed by atoms with Gasteiger partial charge in [0.1, 0.15) is 11.3 Å². The maximum absolute atomic E-state index is 12.8. The summed E-state index contributed by atoms with van der Waals surface area (Å²) < 4.78 is 16.7. The number of ether oxygens (including phenoxy) is 3. The second-order valence-corrected chi connectivity index (χ2v) is 6.74. The van der Waals surface area contributed by atoms with Crippen LogP contribution in [0.1, 0.15) is 28.4 Å². The Morgan fingerprint density at radius 3 is 2.63 bits per heavy atom. The molecule has 0 radical (unpaired) electrons. The lowest BCUT2D eigenvalue weighted by atomic mass is 10.00. The first-order valence-corrected chi connectivity index (χ1v) is 8.87. The van der Waals surface area contributed by atoms with Gasteiger partial charge in [0.15, 0.2) is 11.5 Å². The normalized spacial score (nSPS) is 15.3. The molecule has 3 rings (SSSR count). The summed E-state index contributed by atoms with van der Waals surface area (Å²) in [5.74, 6) is 0.529. The summed E-state index contributed by atoms with van der Waals surface area (Å²) in [5, 5.41) is 14.3. The fourth-order valence-electron chi connectivity index (χ4n) is 2.95. The van der Waals surface area contributed by atoms with Crippen molar-refractivity contribution in [2.45, 2.75) is 12.5 Å². The SMILES string of the molecule is COc1cc(C(=O)NC2CCOc3ccc(Br)cc32)c([N+](=O)[O-])cc1OC. The van der Waals surface area contributed by atoms with E-state index in [2.05, 4.69) is 21.2 Å². The van der Waals surface area contributed by atoms with Crippen molar-refractivity contribution in [3.8, 4) is 17.2 Å². The van der Waals surface area contributed by atoms with Crippen LogP contribution in [0.3, 0.4) is 0 Å². The fourth-order valence-corrected chi connectivity index (χ4v) is 3.33. The van der Waals surface area contributed by atoms with Crippen LogP contribution in [0.15, 0.2) is 34.8 Å². The van der Waals surface area contributed by atoms with Crippen LogP contribution in [-0.4, -0.2) is 31.7 Å². The van der Waals surface area contributed by atoms with Gasteiger partial charge in [-0.05, 0) is 18.2 Å². The van der Waals surface area contributed by atoms with Crippen molar-refractivity contribution in [1.29, 1.82) is 0 Å². The average Bonchev–Trinajstić information content (AvgIpc) is 2.67. The first-order chi connectivity index (χ1) is 12.9. The minimum absolute atomic E-state index is 0.0966. The molecule has 0 fully saturated rings. The van der Waals surface area contributed by atoms with Gasteiger partial charge in [0.2, 0.25) is 0 Å². The topological polar surface area (TPSA) is 99.9 Å². The van der Waals surface area contributed by atoms with Gasteiger partial charge in [-0.3, -0.25) is 14.9 Å². The second kappa shape index (κ2) is 7.83. The smallest absolute Gasteiger partial charge is 0.286 e. The molecule has 0 saturated heterocycles. The quantitative estimate of drug-likeness (QED) is 0.567. The molecule has 1 N–H and O–H groups in total. The monoisotopic (exact) mass is 436 g/mol. The van der Waals surface area contributed by atoms with Crippen molar-refractivity contribution in [2.24, 2.45) is 0 Å². The van der Waals surface area contributed by atoms with Crippen molar-refractivity contribution >= 4 is 27.5 Å². The Bertz CT molecular complexity index is 902. The van der Waals surface area contributed by atoms with Gasteiger partial charge in [-0.25, -0.2) is 0 Å². The molecule has 8 nitrogen and oxygen atoms in total. The highest BCUT2D eigenvalue weighted by Gasteiger charge is 2.29. The molecule has 2 aromatic carbocycles. The van der Waals surface area contributed by atoms with Crippen LogP contribution in [0.4, 0.5) is 5.69 Å². The summed E-state index contributed by atoms with van der Waals surface area (Å²) in [6.45, 7) is 0.438. The highest BCUT2D eigenvalue weighted by Crippen LogP contribution is 2.37. The van der Waals surface area contributed by atoms with E-state index in [0.29, 0.717) is 18.8 Å². The van der Waals surface area contributed by atoms with E-state index in [4.69, 9.17) is 14.2 Å². The van der Waals surface area contributed by atoms with Crippen LogP contribution in [0.25, 0.3) is 0 Å². The van der Waals surface area contributed by atoms with Gasteiger partial charge in [0.25, 0.3) is 11.6 Å². The number of carbonyl (C=O) groups excluding carboxylic acids is 1. The van der Waals surface area contributed by atoms with Crippen LogP contribution in [0, 0.1) is 10.1 Å². The first-order valence-electron chi connectivity index (χ1n) is 8.08. The molecule has 142 valence electrons. The van der Waals surface area contributed by atoms with E-state index in [-0.39, 0.29) is 28.8 Å². The number of nitro groups is 1. The molecule has 1 amide bonds. The third-order valence-corrected chi connectivity index (χ3v) is 4.75. The molecule has 1 atom stereocenters. The van der Waals surface area contributed by atoms with Crippen molar-refractivity contribution in [3.05, 3.63) is 56.0 Å². The van der Waals surface area contributed by atoms with Gasteiger partial charge in [-0.15, -0.1) is 0 Å². The van der Waals surface area contributed by atoms with Crippen molar-refractivity contribution < 1.29 is 23.9 Å². The third kappa shape index (κ3) is 3.82. The van der Waals surface area contributed by atoms with Gasteiger partial charge in [0.05, 0.1) is 37.9 Å². The standard InChI is InChI=1S/C18H17BrN2O6/c1-25-16-8-12(14(21(23)24)9-17(16)26-2)18(22)20-13-5-6-27-15-4-3-10(19)7-11(13)15/h3-4,7-9,13H,5-6H2,1-2H3,(H,20,22). The third-order valence-electron chi connectivity index (χ3n) is 4.26. The molecule has 0 spiro atoms. The second-order valence-electron chi connectivity index (χ2n) is 5.83. The maximum Gasteiger partial charge on any atom is 0.286 e. The summed E-state index contributed by atoms with van der Waals surface area (Å²) in [7, 11) is 2.77. The van der Waals surface area contributed by atoms with E-state index < -0.39 is 10.8 Å². The van der Waals surface area contributed by atoms with Gasteiger partial charge in [-0.2, -0.15) is 0 Å².